The third-order valence-corrected chi connectivity index (χ3v) is 9.44. The zero-order valence-electron chi connectivity index (χ0n) is 24.3. The van der Waals surface area contributed by atoms with Crippen LogP contribution in [0.4, 0.5) is 5.69 Å². The molecule has 0 bridgehead atoms. The molecule has 0 amide bonds. The summed E-state index contributed by atoms with van der Waals surface area (Å²) in [7, 11) is -3.88. The number of hydrogen-bond donors (Lipinski definition) is 1. The molecule has 0 saturated carbocycles. The van der Waals surface area contributed by atoms with Gasteiger partial charge in [-0.1, -0.05) is 107 Å². The molecule has 0 saturated heterocycles. The fraction of sp³-hybridized carbons (Fsp3) is 0.567. The van der Waals surface area contributed by atoms with E-state index >= 15 is 0 Å². The lowest BCUT2D eigenvalue weighted by Crippen LogP contribution is -2.33. The number of hydrogen-bond acceptors (Lipinski definition) is 6. The summed E-state index contributed by atoms with van der Waals surface area (Å²) in [5, 5.41) is 3.72. The Morgan fingerprint density at radius 3 is 2.20 bits per heavy atom. The summed E-state index contributed by atoms with van der Waals surface area (Å²) in [4.78, 5) is 0.404. The van der Waals surface area contributed by atoms with Gasteiger partial charge in [0.05, 0.1) is 23.4 Å². The maximum absolute atomic E-state index is 13.5. The van der Waals surface area contributed by atoms with Crippen LogP contribution in [0.2, 0.25) is 0 Å². The summed E-state index contributed by atoms with van der Waals surface area (Å²) in [6, 6.07) is 13.6. The van der Waals surface area contributed by atoms with Gasteiger partial charge in [-0.25, -0.2) is 5.53 Å². The quantitative estimate of drug-likeness (QED) is 0.113. The number of fused-ring (bicyclic) bond motifs is 1. The Morgan fingerprint density at radius 1 is 0.900 bits per heavy atom. The maximum atomic E-state index is 13.5. The van der Waals surface area contributed by atoms with Crippen LogP contribution in [0, 0.1) is 5.53 Å². The molecule has 3 rings (SSSR count). The predicted molar refractivity (Wildman–Crippen MR) is 165 cm³/mol. The molecule has 220 valence electrons. The van der Waals surface area contributed by atoms with Crippen molar-refractivity contribution in [3.8, 4) is 5.75 Å². The minimum atomic E-state index is -3.88. The van der Waals surface area contributed by atoms with Crippen LogP contribution in [-0.2, 0) is 16.8 Å². The first-order valence-corrected chi connectivity index (χ1v) is 16.9. The van der Waals surface area contributed by atoms with Gasteiger partial charge in [0.1, 0.15) is 11.4 Å². The smallest absolute Gasteiger partial charge is 0.325 e. The van der Waals surface area contributed by atoms with Crippen LogP contribution in [0.25, 0.3) is 10.2 Å². The topological polar surface area (TPSA) is 100 Å². The molecule has 0 atom stereocenters. The molecule has 0 unspecified atom stereocenters. The molecule has 0 radical (unpaired) electrons. The zero-order chi connectivity index (χ0) is 28.8. The highest BCUT2D eigenvalue weighted by Crippen LogP contribution is 2.34. The summed E-state index contributed by atoms with van der Waals surface area (Å²) in [6.07, 6.45) is 10.4. The Balaban J connectivity index is 2.02. The van der Waals surface area contributed by atoms with E-state index in [2.05, 4.69) is 30.3 Å². The van der Waals surface area contributed by atoms with E-state index in [9.17, 15) is 8.42 Å². The third kappa shape index (κ3) is 9.24. The van der Waals surface area contributed by atoms with Gasteiger partial charge in [-0.2, -0.15) is 17.8 Å². The van der Waals surface area contributed by atoms with Crippen LogP contribution < -0.4 is 9.54 Å². The Bertz CT molecular complexity index is 1360. The standard InChI is InChI=1S/C30H45N5O3S2/c1-4-7-10-11-12-16-21-38-28-23-27-29(22-26(28)32-31)39-30(35(27)24-25-17-14-13-15-18-25)33-40(36,37)34(19-8-5-2)20-9-6-3/h13-15,17-18,22-23,31H,4-12,16,19-21,24H2,1-3H3. The van der Waals surface area contributed by atoms with Gasteiger partial charge in [0.2, 0.25) is 4.80 Å². The average molecular weight is 588 g/mol. The summed E-state index contributed by atoms with van der Waals surface area (Å²) in [5.74, 6) is 0.539. The van der Waals surface area contributed by atoms with Gasteiger partial charge >= 0.3 is 10.2 Å². The first-order valence-electron chi connectivity index (χ1n) is 14.7. The highest BCUT2D eigenvalue weighted by molar-refractivity contribution is 7.87. The van der Waals surface area contributed by atoms with Crippen molar-refractivity contribution in [3.63, 3.8) is 0 Å². The molecule has 1 aromatic heterocycles. The second kappa shape index (κ2) is 16.6. The van der Waals surface area contributed by atoms with Gasteiger partial charge in [0, 0.05) is 19.2 Å². The van der Waals surface area contributed by atoms with Crippen LogP contribution in [0.5, 0.6) is 5.75 Å². The van der Waals surface area contributed by atoms with Crippen molar-refractivity contribution in [1.82, 2.24) is 8.87 Å². The van der Waals surface area contributed by atoms with E-state index < -0.39 is 10.2 Å². The normalized spacial score (nSPS) is 12.4. The minimum absolute atomic E-state index is 0.404. The molecule has 2 aromatic carbocycles. The van der Waals surface area contributed by atoms with E-state index in [1.165, 1.54) is 41.3 Å². The summed E-state index contributed by atoms with van der Waals surface area (Å²) >= 11 is 1.30. The Hall–Kier alpha value is -2.56. The number of unbranched alkanes of at least 4 members (excludes halogenated alkanes) is 7. The molecule has 0 fully saturated rings. The van der Waals surface area contributed by atoms with E-state index in [1.54, 1.807) is 0 Å². The van der Waals surface area contributed by atoms with Crippen molar-refractivity contribution in [2.45, 2.75) is 91.5 Å². The number of nitrogens with zero attached hydrogens (tertiary/aromatic N) is 4. The predicted octanol–water partition coefficient (Wildman–Crippen LogP) is 8.20. The number of rotatable bonds is 19. The van der Waals surface area contributed by atoms with Gasteiger partial charge in [-0.15, -0.1) is 4.40 Å². The summed E-state index contributed by atoms with van der Waals surface area (Å²) in [5.41, 5.74) is 10.0. The van der Waals surface area contributed by atoms with E-state index in [1.807, 2.05) is 47.0 Å². The molecule has 0 aliphatic carbocycles. The van der Waals surface area contributed by atoms with Gasteiger partial charge < -0.3 is 9.30 Å². The van der Waals surface area contributed by atoms with Crippen LogP contribution in [-0.4, -0.2) is 37.0 Å². The number of thiazole rings is 1. The van der Waals surface area contributed by atoms with E-state index in [0.29, 0.717) is 42.5 Å². The zero-order valence-corrected chi connectivity index (χ0v) is 25.9. The lowest BCUT2D eigenvalue weighted by molar-refractivity contribution is 0.305. The first kappa shape index (κ1) is 32.0. The highest BCUT2D eigenvalue weighted by atomic mass is 32.2. The fourth-order valence-electron chi connectivity index (χ4n) is 4.51. The highest BCUT2D eigenvalue weighted by Gasteiger charge is 2.22. The van der Waals surface area contributed by atoms with Crippen molar-refractivity contribution in [1.29, 1.82) is 5.53 Å². The lowest BCUT2D eigenvalue weighted by Gasteiger charge is -2.18. The van der Waals surface area contributed by atoms with E-state index in [4.69, 9.17) is 10.3 Å². The number of ether oxygens (including phenoxy) is 1. The van der Waals surface area contributed by atoms with Crippen LogP contribution in [0.3, 0.4) is 0 Å². The maximum Gasteiger partial charge on any atom is 0.325 e. The molecule has 1 N–H and O–H groups in total. The number of benzene rings is 2. The van der Waals surface area contributed by atoms with Crippen molar-refractivity contribution in [2.75, 3.05) is 19.7 Å². The van der Waals surface area contributed by atoms with Gasteiger partial charge in [-0.3, -0.25) is 0 Å². The van der Waals surface area contributed by atoms with Gasteiger partial charge in [0.15, 0.2) is 0 Å². The fourth-order valence-corrected chi connectivity index (χ4v) is 6.99. The molecule has 10 heteroatoms. The minimum Gasteiger partial charge on any atom is -0.491 e. The molecular formula is C30H45N5O3S2. The molecule has 3 aromatic rings. The second-order valence-electron chi connectivity index (χ2n) is 10.1. The lowest BCUT2D eigenvalue weighted by atomic mass is 10.1. The third-order valence-electron chi connectivity index (χ3n) is 6.86. The Kier molecular flexibility index (Phi) is 13.3. The number of nitrogens with one attached hydrogen (secondary N) is 1. The molecule has 0 spiro atoms. The number of aromatic nitrogens is 1. The first-order chi connectivity index (χ1) is 19.4. The van der Waals surface area contributed by atoms with Crippen molar-refractivity contribution < 1.29 is 13.2 Å². The monoisotopic (exact) mass is 587 g/mol. The molecular weight excluding hydrogens is 542 g/mol. The molecule has 0 aliphatic rings. The second-order valence-corrected chi connectivity index (χ2v) is 12.8. The van der Waals surface area contributed by atoms with Gasteiger partial charge in [0.25, 0.3) is 0 Å². The molecule has 0 aliphatic heterocycles. The SMILES string of the molecule is CCCCCCCCOc1cc2c(cc1N=N)sc(=NS(=O)(=O)N(CCCC)CCCC)n2Cc1ccccc1. The Morgan fingerprint density at radius 2 is 1.55 bits per heavy atom. The van der Waals surface area contributed by atoms with Crippen molar-refractivity contribution in [2.24, 2.45) is 9.51 Å². The van der Waals surface area contributed by atoms with Gasteiger partial charge in [-0.05, 0) is 30.9 Å². The average Bonchev–Trinajstić information content (AvgIpc) is 3.27. The van der Waals surface area contributed by atoms with Crippen LogP contribution >= 0.6 is 11.3 Å². The molecule has 8 nitrogen and oxygen atoms in total. The Labute approximate surface area is 243 Å². The molecule has 40 heavy (non-hydrogen) atoms. The van der Waals surface area contributed by atoms with Crippen molar-refractivity contribution in [3.05, 3.63) is 52.8 Å². The summed E-state index contributed by atoms with van der Waals surface area (Å²) in [6.45, 7) is 8.27. The van der Waals surface area contributed by atoms with E-state index in [0.717, 1.165) is 54.3 Å². The largest absolute Gasteiger partial charge is 0.491 e. The molecule has 1 heterocycles. The van der Waals surface area contributed by atoms with Crippen LogP contribution in [0.1, 0.15) is 90.5 Å². The summed E-state index contributed by atoms with van der Waals surface area (Å²) < 4.78 is 41.8. The van der Waals surface area contributed by atoms with Crippen molar-refractivity contribution >= 4 is 37.5 Å². The van der Waals surface area contributed by atoms with Crippen LogP contribution in [0.15, 0.2) is 52.0 Å². The van der Waals surface area contributed by atoms with E-state index in [-0.39, 0.29) is 0 Å².